The molecule has 0 saturated heterocycles. The summed E-state index contributed by atoms with van der Waals surface area (Å²) in [6.45, 7) is 9.96. The number of nitrogens with one attached hydrogen (secondary N) is 1. The Balaban J connectivity index is 3.96. The van der Waals surface area contributed by atoms with E-state index in [0.29, 0.717) is 11.5 Å². The first-order chi connectivity index (χ1) is 7.04. The highest BCUT2D eigenvalue weighted by Gasteiger charge is 2.22. The molecule has 0 aromatic rings. The maximum absolute atomic E-state index is 11.4. The second kappa shape index (κ2) is 5.59. The summed E-state index contributed by atoms with van der Waals surface area (Å²) in [6, 6.07) is 0. The third kappa shape index (κ3) is 6.74. The van der Waals surface area contributed by atoms with E-state index in [2.05, 4.69) is 5.32 Å². The van der Waals surface area contributed by atoms with Crippen LogP contribution in [0, 0.1) is 5.41 Å². The minimum absolute atomic E-state index is 0.0525. The Labute approximate surface area is 103 Å². The minimum Gasteiger partial charge on any atom is -0.393 e. The lowest BCUT2D eigenvalue weighted by Gasteiger charge is -2.24. The van der Waals surface area contributed by atoms with E-state index in [1.165, 1.54) is 0 Å². The van der Waals surface area contributed by atoms with Crippen molar-refractivity contribution in [2.24, 2.45) is 11.1 Å². The van der Waals surface area contributed by atoms with Gasteiger partial charge in [-0.1, -0.05) is 26.1 Å². The zero-order chi connectivity index (χ0) is 13.0. The summed E-state index contributed by atoms with van der Waals surface area (Å²) in [5.41, 5.74) is 4.87. The van der Waals surface area contributed by atoms with Crippen LogP contribution in [0.1, 0.15) is 34.6 Å². The molecule has 0 heterocycles. The van der Waals surface area contributed by atoms with Crippen molar-refractivity contribution < 1.29 is 9.53 Å². The van der Waals surface area contributed by atoms with Crippen LogP contribution in [-0.2, 0) is 9.53 Å². The van der Waals surface area contributed by atoms with Crippen LogP contribution < -0.4 is 11.1 Å². The van der Waals surface area contributed by atoms with Gasteiger partial charge in [-0.3, -0.25) is 4.79 Å². The van der Waals surface area contributed by atoms with Crippen molar-refractivity contribution in [1.29, 1.82) is 0 Å². The van der Waals surface area contributed by atoms with Crippen molar-refractivity contribution in [2.75, 3.05) is 13.2 Å². The summed E-state index contributed by atoms with van der Waals surface area (Å²) < 4.78 is 5.34. The topological polar surface area (TPSA) is 64.3 Å². The van der Waals surface area contributed by atoms with Crippen LogP contribution in [0.15, 0.2) is 0 Å². The van der Waals surface area contributed by atoms with Gasteiger partial charge in [-0.25, -0.2) is 0 Å². The number of carbonyl (C=O) groups is 1. The monoisotopic (exact) mass is 246 g/mol. The predicted octanol–water partition coefficient (Wildman–Crippen LogP) is 1.23. The van der Waals surface area contributed by atoms with Gasteiger partial charge in [-0.05, 0) is 20.8 Å². The normalized spacial score (nSPS) is 12.3. The van der Waals surface area contributed by atoms with E-state index in [1.54, 1.807) is 0 Å². The van der Waals surface area contributed by atoms with Gasteiger partial charge in [0.2, 0.25) is 5.91 Å². The third-order valence-corrected chi connectivity index (χ3v) is 2.58. The van der Waals surface area contributed by atoms with Crippen LogP contribution in [0.2, 0.25) is 0 Å². The molecule has 5 heteroatoms. The molecule has 0 fully saturated rings. The molecule has 94 valence electrons. The largest absolute Gasteiger partial charge is 0.393 e. The van der Waals surface area contributed by atoms with Crippen molar-refractivity contribution in [2.45, 2.75) is 40.2 Å². The molecule has 0 spiro atoms. The number of rotatable bonds is 5. The van der Waals surface area contributed by atoms with Gasteiger partial charge in [0, 0.05) is 12.0 Å². The molecule has 0 bridgehead atoms. The fourth-order valence-corrected chi connectivity index (χ4v) is 0.812. The Bertz CT molecular complexity index is 270. The number of hydrogen-bond donors (Lipinski definition) is 2. The molecule has 0 aromatic carbocycles. The lowest BCUT2D eigenvalue weighted by atomic mass is 9.94. The van der Waals surface area contributed by atoms with Crippen molar-refractivity contribution in [3.05, 3.63) is 0 Å². The second-order valence-electron chi connectivity index (χ2n) is 5.43. The van der Waals surface area contributed by atoms with Crippen molar-refractivity contribution in [1.82, 2.24) is 5.32 Å². The summed E-state index contributed by atoms with van der Waals surface area (Å²) in [5.74, 6) is -0.153. The predicted molar refractivity (Wildman–Crippen MR) is 69.3 cm³/mol. The number of ether oxygens (including phenoxy) is 1. The highest BCUT2D eigenvalue weighted by Crippen LogP contribution is 2.13. The smallest absolute Gasteiger partial charge is 0.246 e. The number of amides is 1. The first-order valence-corrected chi connectivity index (χ1v) is 5.66. The number of hydrogen-bond acceptors (Lipinski definition) is 3. The molecule has 0 atom stereocenters. The summed E-state index contributed by atoms with van der Waals surface area (Å²) in [6.07, 6.45) is 0. The fourth-order valence-electron chi connectivity index (χ4n) is 0.740. The fraction of sp³-hybridized carbons (Fsp3) is 0.818. The zero-order valence-corrected chi connectivity index (χ0v) is 11.5. The van der Waals surface area contributed by atoms with E-state index in [1.807, 2.05) is 34.6 Å². The minimum atomic E-state index is -0.368. The van der Waals surface area contributed by atoms with Gasteiger partial charge in [-0.2, -0.15) is 0 Å². The third-order valence-electron chi connectivity index (χ3n) is 2.03. The molecule has 0 aliphatic carbocycles. The maximum Gasteiger partial charge on any atom is 0.246 e. The number of thiocarbonyl (C=S) groups is 1. The SMILES string of the molecule is CC(C)(C)OCC(=O)NCC(C)(C)C(N)=S. The molecule has 3 N–H and O–H groups in total. The molecule has 0 aromatic heterocycles. The molecule has 0 saturated carbocycles. The number of nitrogens with two attached hydrogens (primary N) is 1. The molecule has 0 rings (SSSR count). The van der Waals surface area contributed by atoms with Crippen LogP contribution in [0.4, 0.5) is 0 Å². The van der Waals surface area contributed by atoms with Gasteiger partial charge < -0.3 is 15.8 Å². The summed E-state index contributed by atoms with van der Waals surface area (Å²) >= 11 is 4.90. The zero-order valence-electron chi connectivity index (χ0n) is 10.7. The van der Waals surface area contributed by atoms with E-state index in [4.69, 9.17) is 22.7 Å². The molecule has 0 aliphatic heterocycles. The standard InChI is InChI=1S/C11H22N2O2S/c1-10(2,3)15-6-8(14)13-7-11(4,5)9(12)16/h6-7H2,1-5H3,(H2,12,16)(H,13,14). The maximum atomic E-state index is 11.4. The van der Waals surface area contributed by atoms with Crippen molar-refractivity contribution in [3.8, 4) is 0 Å². The molecule has 1 amide bonds. The van der Waals surface area contributed by atoms with Crippen LogP contribution >= 0.6 is 12.2 Å². The molecule has 16 heavy (non-hydrogen) atoms. The van der Waals surface area contributed by atoms with Gasteiger partial charge in [0.15, 0.2) is 0 Å². The molecule has 4 nitrogen and oxygen atoms in total. The van der Waals surface area contributed by atoms with E-state index >= 15 is 0 Å². The second-order valence-corrected chi connectivity index (χ2v) is 5.87. The van der Waals surface area contributed by atoms with E-state index in [9.17, 15) is 4.79 Å². The van der Waals surface area contributed by atoms with E-state index < -0.39 is 0 Å². The molecule has 0 radical (unpaired) electrons. The molecular formula is C11H22N2O2S. The van der Waals surface area contributed by atoms with Gasteiger partial charge in [0.1, 0.15) is 6.61 Å². The summed E-state index contributed by atoms with van der Waals surface area (Å²) in [7, 11) is 0. The molecule has 0 unspecified atom stereocenters. The van der Waals surface area contributed by atoms with Crippen LogP contribution in [-0.4, -0.2) is 29.6 Å². The first-order valence-electron chi connectivity index (χ1n) is 5.25. The van der Waals surface area contributed by atoms with Gasteiger partial charge in [0.25, 0.3) is 0 Å². The average Bonchev–Trinajstić information content (AvgIpc) is 2.10. The lowest BCUT2D eigenvalue weighted by Crippen LogP contribution is -2.43. The first kappa shape index (κ1) is 15.3. The van der Waals surface area contributed by atoms with Crippen LogP contribution in [0.3, 0.4) is 0 Å². The Morgan fingerprint density at radius 3 is 2.19 bits per heavy atom. The van der Waals surface area contributed by atoms with Crippen LogP contribution in [0.5, 0.6) is 0 Å². The number of carbonyl (C=O) groups excluding carboxylic acids is 1. The van der Waals surface area contributed by atoms with Crippen molar-refractivity contribution >= 4 is 23.1 Å². The van der Waals surface area contributed by atoms with Gasteiger partial charge >= 0.3 is 0 Å². The average molecular weight is 246 g/mol. The van der Waals surface area contributed by atoms with Gasteiger partial charge in [0.05, 0.1) is 10.6 Å². The summed E-state index contributed by atoms with van der Waals surface area (Å²) in [4.78, 5) is 11.8. The van der Waals surface area contributed by atoms with Crippen LogP contribution in [0.25, 0.3) is 0 Å². The summed E-state index contributed by atoms with van der Waals surface area (Å²) in [5, 5.41) is 2.75. The molecular weight excluding hydrogens is 224 g/mol. The Kier molecular flexibility index (Phi) is 5.35. The highest BCUT2D eigenvalue weighted by atomic mass is 32.1. The Morgan fingerprint density at radius 2 is 1.81 bits per heavy atom. The van der Waals surface area contributed by atoms with Crippen molar-refractivity contribution in [3.63, 3.8) is 0 Å². The van der Waals surface area contributed by atoms with Gasteiger partial charge in [-0.15, -0.1) is 0 Å². The van der Waals surface area contributed by atoms with E-state index in [0.717, 1.165) is 0 Å². The quantitative estimate of drug-likeness (QED) is 0.716. The molecule has 0 aliphatic rings. The Hall–Kier alpha value is -0.680. The lowest BCUT2D eigenvalue weighted by molar-refractivity contribution is -0.130. The Morgan fingerprint density at radius 1 is 1.31 bits per heavy atom. The highest BCUT2D eigenvalue weighted by molar-refractivity contribution is 7.80. The van der Waals surface area contributed by atoms with E-state index in [-0.39, 0.29) is 23.5 Å².